The van der Waals surface area contributed by atoms with Gasteiger partial charge in [-0.15, -0.1) is 0 Å². The predicted octanol–water partition coefficient (Wildman–Crippen LogP) is 4.54. The molecule has 0 bridgehead atoms. The quantitative estimate of drug-likeness (QED) is 0.426. The first-order chi connectivity index (χ1) is 18.3. The Balaban J connectivity index is 1.32. The van der Waals surface area contributed by atoms with Gasteiger partial charge in [0.2, 0.25) is 5.95 Å². The zero-order chi connectivity index (χ0) is 26.2. The third-order valence-electron chi connectivity index (χ3n) is 7.66. The summed E-state index contributed by atoms with van der Waals surface area (Å²) in [5.41, 5.74) is 4.96. The van der Waals surface area contributed by atoms with E-state index >= 15 is 0 Å². The number of pyridine rings is 1. The summed E-state index contributed by atoms with van der Waals surface area (Å²) in [5.74, 6) is -2.47. The van der Waals surface area contributed by atoms with Gasteiger partial charge in [0, 0.05) is 78.7 Å². The highest BCUT2D eigenvalue weighted by Crippen LogP contribution is 2.43. The lowest BCUT2D eigenvalue weighted by molar-refractivity contribution is -0.117. The summed E-state index contributed by atoms with van der Waals surface area (Å²) >= 11 is 0. The van der Waals surface area contributed by atoms with E-state index in [4.69, 9.17) is 4.74 Å². The van der Waals surface area contributed by atoms with Crippen LogP contribution in [0.5, 0.6) is 5.75 Å². The lowest BCUT2D eigenvalue weighted by Gasteiger charge is -2.43. The smallest absolute Gasteiger partial charge is 0.275 e. The molecule has 0 unspecified atom stereocenters. The molecule has 2 aliphatic heterocycles. The van der Waals surface area contributed by atoms with Crippen LogP contribution in [0.1, 0.15) is 45.7 Å². The Morgan fingerprint density at radius 3 is 2.79 bits per heavy atom. The van der Waals surface area contributed by atoms with Crippen molar-refractivity contribution in [3.8, 4) is 16.9 Å². The molecule has 11 heteroatoms. The largest absolute Gasteiger partial charge is 0.493 e. The van der Waals surface area contributed by atoms with Gasteiger partial charge in [0.1, 0.15) is 17.9 Å². The second-order valence-electron chi connectivity index (χ2n) is 10.1. The molecule has 1 saturated carbocycles. The second kappa shape index (κ2) is 8.17. The number of carbonyl (C=O) groups excluding carboxylic acids is 1. The molecule has 1 aromatic carbocycles. The molecule has 0 atom stereocenters. The molecule has 4 aromatic rings. The number of rotatable bonds is 4. The molecule has 5 heterocycles. The monoisotopic (exact) mass is 520 g/mol. The summed E-state index contributed by atoms with van der Waals surface area (Å²) in [7, 11) is 0. The molecule has 194 valence electrons. The van der Waals surface area contributed by atoms with E-state index in [1.165, 1.54) is 17.3 Å². The number of anilines is 1. The standard InChI is InChI=1S/C27H23F3N6O2/c1-14-6-15-12-35(16-7-27(29,30)8-16)25(37)23-24-20(18(15)9-31-14)11-33-26(36(24)13-34-23)32-10-19-17-4-5-38-22(17)3-2-21(19)28/h2-3,6,9,11,13,16H,4-5,7-8,10,12H2,1H3,(H,32,33). The van der Waals surface area contributed by atoms with Crippen LogP contribution in [0.3, 0.4) is 0 Å². The maximum absolute atomic E-state index is 14.7. The molecular formula is C27H23F3N6O2. The van der Waals surface area contributed by atoms with Crippen LogP contribution >= 0.6 is 0 Å². The number of nitrogens with zero attached hydrogens (tertiary/aromatic N) is 5. The molecule has 38 heavy (non-hydrogen) atoms. The first-order valence-corrected chi connectivity index (χ1v) is 12.5. The van der Waals surface area contributed by atoms with Crippen LogP contribution in [0, 0.1) is 12.7 Å². The number of fused-ring (bicyclic) bond motifs is 3. The topological polar surface area (TPSA) is 84.6 Å². The van der Waals surface area contributed by atoms with Gasteiger partial charge < -0.3 is 15.0 Å². The highest BCUT2D eigenvalue weighted by atomic mass is 19.3. The van der Waals surface area contributed by atoms with Gasteiger partial charge in [-0.1, -0.05) is 0 Å². The summed E-state index contributed by atoms with van der Waals surface area (Å²) in [4.78, 5) is 28.7. The zero-order valence-electron chi connectivity index (χ0n) is 20.5. The fraction of sp³-hybridized carbons (Fsp3) is 0.333. The van der Waals surface area contributed by atoms with E-state index < -0.39 is 17.9 Å². The average molecular weight is 521 g/mol. The first-order valence-electron chi connectivity index (χ1n) is 12.5. The molecule has 0 spiro atoms. The van der Waals surface area contributed by atoms with Gasteiger partial charge in [-0.3, -0.25) is 14.2 Å². The summed E-state index contributed by atoms with van der Waals surface area (Å²) in [6, 6.07) is 4.31. The zero-order valence-corrected chi connectivity index (χ0v) is 20.5. The van der Waals surface area contributed by atoms with E-state index in [1.54, 1.807) is 22.9 Å². The lowest BCUT2D eigenvalue weighted by Crippen LogP contribution is -2.53. The molecule has 1 aliphatic carbocycles. The number of benzene rings is 1. The molecule has 1 amide bonds. The maximum atomic E-state index is 14.7. The molecule has 8 nitrogen and oxygen atoms in total. The summed E-state index contributed by atoms with van der Waals surface area (Å²) in [5, 5.41) is 3.19. The van der Waals surface area contributed by atoms with Crippen LogP contribution < -0.4 is 10.1 Å². The average Bonchev–Trinajstić information content (AvgIpc) is 3.52. The molecule has 1 fully saturated rings. The van der Waals surface area contributed by atoms with Crippen LogP contribution in [0.4, 0.5) is 19.1 Å². The SMILES string of the molecule is Cc1cc2c(cn1)-c1cnc(NCc3c(F)ccc4c3CCO4)n3cnc(c13)C(=O)N(C1CC(F)(F)C1)C2. The number of ether oxygens (including phenoxy) is 1. The van der Waals surface area contributed by atoms with Gasteiger partial charge in [-0.2, -0.15) is 0 Å². The molecule has 0 radical (unpaired) electrons. The van der Waals surface area contributed by atoms with Crippen LogP contribution in [0.25, 0.3) is 16.6 Å². The van der Waals surface area contributed by atoms with Crippen molar-refractivity contribution in [2.24, 2.45) is 0 Å². The molecule has 0 saturated heterocycles. The number of carbonyl (C=O) groups is 1. The minimum absolute atomic E-state index is 0.155. The Hall–Kier alpha value is -4.15. The third-order valence-corrected chi connectivity index (χ3v) is 7.66. The van der Waals surface area contributed by atoms with Crippen molar-refractivity contribution >= 4 is 17.4 Å². The number of imidazole rings is 1. The number of aryl methyl sites for hydroxylation is 1. The van der Waals surface area contributed by atoms with Crippen LogP contribution in [-0.4, -0.2) is 48.7 Å². The van der Waals surface area contributed by atoms with E-state index in [1.807, 2.05) is 13.0 Å². The number of amides is 1. The van der Waals surface area contributed by atoms with Crippen molar-refractivity contribution < 1.29 is 22.7 Å². The number of hydrogen-bond acceptors (Lipinski definition) is 6. The third kappa shape index (κ3) is 3.52. The Morgan fingerprint density at radius 1 is 1.16 bits per heavy atom. The normalized spacial score (nSPS) is 17.9. The molecule has 3 aliphatic rings. The Kier molecular flexibility index (Phi) is 4.95. The van der Waals surface area contributed by atoms with E-state index in [9.17, 15) is 18.0 Å². The van der Waals surface area contributed by atoms with Crippen LogP contribution in [0.15, 0.2) is 36.9 Å². The number of hydrogen-bond donors (Lipinski definition) is 1. The van der Waals surface area contributed by atoms with Crippen molar-refractivity contribution in [1.82, 2.24) is 24.3 Å². The van der Waals surface area contributed by atoms with Crippen molar-refractivity contribution in [1.29, 1.82) is 0 Å². The Bertz CT molecular complexity index is 1630. The van der Waals surface area contributed by atoms with E-state index in [-0.39, 0.29) is 37.4 Å². The van der Waals surface area contributed by atoms with E-state index in [0.717, 1.165) is 22.4 Å². The first kappa shape index (κ1) is 23.0. The van der Waals surface area contributed by atoms with Gasteiger partial charge in [0.15, 0.2) is 5.69 Å². The fourth-order valence-electron chi connectivity index (χ4n) is 5.70. The second-order valence-corrected chi connectivity index (χ2v) is 10.1. The fourth-order valence-corrected chi connectivity index (χ4v) is 5.70. The van der Waals surface area contributed by atoms with Crippen molar-refractivity contribution in [2.45, 2.75) is 51.2 Å². The number of halogens is 3. The highest BCUT2D eigenvalue weighted by Gasteiger charge is 2.50. The Labute approximate surface area is 215 Å². The van der Waals surface area contributed by atoms with Gasteiger partial charge in [-0.05, 0) is 30.7 Å². The number of nitrogens with one attached hydrogen (secondary N) is 1. The van der Waals surface area contributed by atoms with Crippen LogP contribution in [-0.2, 0) is 19.5 Å². The minimum atomic E-state index is -2.77. The predicted molar refractivity (Wildman–Crippen MR) is 132 cm³/mol. The summed E-state index contributed by atoms with van der Waals surface area (Å²) < 4.78 is 49.5. The van der Waals surface area contributed by atoms with E-state index in [2.05, 4.69) is 20.3 Å². The molecule has 1 N–H and O–H groups in total. The van der Waals surface area contributed by atoms with E-state index in [0.29, 0.717) is 41.4 Å². The van der Waals surface area contributed by atoms with Crippen molar-refractivity contribution in [3.63, 3.8) is 0 Å². The van der Waals surface area contributed by atoms with Gasteiger partial charge >= 0.3 is 0 Å². The Morgan fingerprint density at radius 2 is 1.97 bits per heavy atom. The van der Waals surface area contributed by atoms with Gasteiger partial charge in [0.25, 0.3) is 11.8 Å². The lowest BCUT2D eigenvalue weighted by atomic mass is 9.85. The summed E-state index contributed by atoms with van der Waals surface area (Å²) in [6.07, 6.45) is 4.72. The highest BCUT2D eigenvalue weighted by molar-refractivity contribution is 6.04. The van der Waals surface area contributed by atoms with Crippen LogP contribution in [0.2, 0.25) is 0 Å². The molecule has 7 rings (SSSR count). The van der Waals surface area contributed by atoms with Crippen molar-refractivity contribution in [2.75, 3.05) is 11.9 Å². The number of aromatic nitrogens is 4. The molecule has 3 aromatic heterocycles. The maximum Gasteiger partial charge on any atom is 0.275 e. The molecular weight excluding hydrogens is 497 g/mol. The minimum Gasteiger partial charge on any atom is -0.493 e. The van der Waals surface area contributed by atoms with Gasteiger partial charge in [-0.25, -0.2) is 23.1 Å². The number of alkyl halides is 2. The summed E-state index contributed by atoms with van der Waals surface area (Å²) in [6.45, 7) is 2.68. The van der Waals surface area contributed by atoms with Gasteiger partial charge in [0.05, 0.1) is 12.1 Å². The van der Waals surface area contributed by atoms with Crippen molar-refractivity contribution in [3.05, 3.63) is 70.8 Å².